The first-order chi connectivity index (χ1) is 15.9. The van der Waals surface area contributed by atoms with Crippen LogP contribution in [0.1, 0.15) is 48.5 Å². The lowest BCUT2D eigenvalue weighted by atomic mass is 9.86. The van der Waals surface area contributed by atoms with Gasteiger partial charge in [-0.25, -0.2) is 0 Å². The first-order valence-electron chi connectivity index (χ1n) is 11.3. The van der Waals surface area contributed by atoms with Gasteiger partial charge in [0, 0.05) is 23.5 Å². The minimum atomic E-state index is -0.110. The summed E-state index contributed by atoms with van der Waals surface area (Å²) in [4.78, 5) is 29.1. The highest BCUT2D eigenvalue weighted by atomic mass is 32.2. The van der Waals surface area contributed by atoms with Crippen molar-refractivity contribution in [3.05, 3.63) is 52.4 Å². The molecule has 1 N–H and O–H groups in total. The van der Waals surface area contributed by atoms with Crippen molar-refractivity contribution in [2.24, 2.45) is 5.92 Å². The zero-order chi connectivity index (χ0) is 23.5. The molecule has 2 aromatic carbocycles. The van der Waals surface area contributed by atoms with Gasteiger partial charge in [0.2, 0.25) is 0 Å². The minimum Gasteiger partial charge on any atom is -0.493 e. The highest BCUT2D eigenvalue weighted by Gasteiger charge is 2.28. The van der Waals surface area contributed by atoms with Crippen molar-refractivity contribution >= 4 is 35.3 Å². The first-order valence-corrected chi connectivity index (χ1v) is 12.1. The van der Waals surface area contributed by atoms with E-state index in [1.54, 1.807) is 26.2 Å². The number of anilines is 1. The Bertz CT molecular complexity index is 1100. The second kappa shape index (κ2) is 9.91. The van der Waals surface area contributed by atoms with Crippen LogP contribution in [0.25, 0.3) is 6.08 Å². The summed E-state index contributed by atoms with van der Waals surface area (Å²) in [6, 6.07) is 11.3. The number of fused-ring (bicyclic) bond motifs is 1. The van der Waals surface area contributed by atoms with Crippen molar-refractivity contribution in [3.8, 4) is 11.5 Å². The lowest BCUT2D eigenvalue weighted by Gasteiger charge is -2.30. The number of ether oxygens (including phenoxy) is 2. The molecule has 1 aliphatic heterocycles. The molecule has 0 spiro atoms. The molecule has 2 atom stereocenters. The van der Waals surface area contributed by atoms with Crippen molar-refractivity contribution in [3.63, 3.8) is 0 Å². The van der Waals surface area contributed by atoms with E-state index in [1.165, 1.54) is 18.2 Å². The summed E-state index contributed by atoms with van der Waals surface area (Å²) in [5, 5.41) is 3.20. The van der Waals surface area contributed by atoms with E-state index in [1.807, 2.05) is 42.5 Å². The summed E-state index contributed by atoms with van der Waals surface area (Å²) in [6.07, 6.45) is 6.41. The van der Waals surface area contributed by atoms with Crippen LogP contribution < -0.4 is 19.7 Å². The molecule has 33 heavy (non-hydrogen) atoms. The Hall–Kier alpha value is -2.93. The number of hydrogen-bond acceptors (Lipinski definition) is 5. The molecule has 0 unspecified atom stereocenters. The minimum absolute atomic E-state index is 0.0749. The number of nitrogens with one attached hydrogen (secondary N) is 1. The number of carbonyl (C=O) groups is 2. The van der Waals surface area contributed by atoms with E-state index in [2.05, 4.69) is 12.2 Å². The van der Waals surface area contributed by atoms with Gasteiger partial charge in [-0.1, -0.05) is 37.6 Å². The monoisotopic (exact) mass is 466 g/mol. The van der Waals surface area contributed by atoms with Crippen LogP contribution in [0.3, 0.4) is 0 Å². The van der Waals surface area contributed by atoms with Gasteiger partial charge in [0.05, 0.1) is 24.8 Å². The first kappa shape index (κ1) is 23.2. The van der Waals surface area contributed by atoms with Crippen molar-refractivity contribution in [2.45, 2.75) is 43.5 Å². The Labute approximate surface area is 199 Å². The molecule has 174 valence electrons. The molecule has 2 amide bonds. The number of methoxy groups -OCH3 is 2. The summed E-state index contributed by atoms with van der Waals surface area (Å²) in [5.74, 6) is 1.55. The SMILES string of the molecule is COc1ccc(/C=C2\Sc3ccc(C(=O)N[C@@H]4CCCC[C@@H]4C)cc3N(C)C2=O)cc1OC. The van der Waals surface area contributed by atoms with Gasteiger partial charge in [0.1, 0.15) is 0 Å². The fourth-order valence-corrected chi connectivity index (χ4v) is 5.50. The fourth-order valence-electron chi connectivity index (χ4n) is 4.41. The lowest BCUT2D eigenvalue weighted by Crippen LogP contribution is -2.41. The molecule has 7 heteroatoms. The topological polar surface area (TPSA) is 67.9 Å². The van der Waals surface area contributed by atoms with E-state index in [9.17, 15) is 9.59 Å². The third kappa shape index (κ3) is 4.88. The number of carbonyl (C=O) groups excluding carboxylic acids is 2. The van der Waals surface area contributed by atoms with Gasteiger partial charge in [-0.3, -0.25) is 9.59 Å². The maximum absolute atomic E-state index is 13.1. The van der Waals surface area contributed by atoms with Crippen LogP contribution in [-0.2, 0) is 4.79 Å². The van der Waals surface area contributed by atoms with Crippen molar-refractivity contribution < 1.29 is 19.1 Å². The molecular weight excluding hydrogens is 436 g/mol. The predicted octanol–water partition coefficient (Wildman–Crippen LogP) is 5.12. The van der Waals surface area contributed by atoms with Gasteiger partial charge in [0.15, 0.2) is 11.5 Å². The Kier molecular flexibility index (Phi) is 6.98. The van der Waals surface area contributed by atoms with Gasteiger partial charge >= 0.3 is 0 Å². The third-order valence-corrected chi connectivity index (χ3v) is 7.53. The van der Waals surface area contributed by atoms with Crippen molar-refractivity contribution in [2.75, 3.05) is 26.2 Å². The van der Waals surface area contributed by atoms with Crippen LogP contribution in [0.15, 0.2) is 46.2 Å². The van der Waals surface area contributed by atoms with E-state index in [-0.39, 0.29) is 17.9 Å². The number of hydrogen-bond donors (Lipinski definition) is 1. The van der Waals surface area contributed by atoms with Crippen LogP contribution in [0, 0.1) is 5.92 Å². The Morgan fingerprint density at radius 3 is 2.58 bits per heavy atom. The fraction of sp³-hybridized carbons (Fsp3) is 0.385. The van der Waals surface area contributed by atoms with Crippen LogP contribution in [-0.4, -0.2) is 39.1 Å². The second-order valence-corrected chi connectivity index (χ2v) is 9.70. The molecule has 0 bridgehead atoms. The average molecular weight is 467 g/mol. The van der Waals surface area contributed by atoms with Crippen LogP contribution in [0.2, 0.25) is 0 Å². The van der Waals surface area contributed by atoms with Crippen LogP contribution in [0.5, 0.6) is 11.5 Å². The van der Waals surface area contributed by atoms with Crippen molar-refractivity contribution in [1.82, 2.24) is 5.32 Å². The number of benzene rings is 2. The van der Waals surface area contributed by atoms with E-state index in [0.717, 1.165) is 35.4 Å². The molecule has 0 aromatic heterocycles. The highest BCUT2D eigenvalue weighted by molar-refractivity contribution is 8.04. The number of rotatable bonds is 5. The maximum atomic E-state index is 13.1. The molecule has 0 radical (unpaired) electrons. The molecule has 1 aliphatic carbocycles. The highest BCUT2D eigenvalue weighted by Crippen LogP contribution is 2.42. The molecule has 2 aliphatic rings. The van der Waals surface area contributed by atoms with Crippen LogP contribution >= 0.6 is 11.8 Å². The largest absolute Gasteiger partial charge is 0.493 e. The second-order valence-electron chi connectivity index (χ2n) is 8.61. The standard InChI is InChI=1S/C26H30N2O4S/c1-16-7-5-6-8-19(16)27-25(29)18-10-12-23-20(15-18)28(2)26(30)24(33-23)14-17-9-11-21(31-3)22(13-17)32-4/h9-16,19H,5-8H2,1-4H3,(H,27,29)/b24-14-/t16-,19+/m0/s1. The normalized spacial score (nSPS) is 21.5. The molecule has 1 saturated carbocycles. The Morgan fingerprint density at radius 2 is 1.85 bits per heavy atom. The lowest BCUT2D eigenvalue weighted by molar-refractivity contribution is -0.114. The zero-order valence-electron chi connectivity index (χ0n) is 19.5. The summed E-state index contributed by atoms with van der Waals surface area (Å²) in [5.41, 5.74) is 2.18. The molecule has 1 fully saturated rings. The van der Waals surface area contributed by atoms with Crippen molar-refractivity contribution in [1.29, 1.82) is 0 Å². The van der Waals surface area contributed by atoms with E-state index >= 15 is 0 Å². The quantitative estimate of drug-likeness (QED) is 0.620. The maximum Gasteiger partial charge on any atom is 0.264 e. The van der Waals surface area contributed by atoms with E-state index in [4.69, 9.17) is 9.47 Å². The number of likely N-dealkylation sites (N-methyl/N-ethyl adjacent to an activating group) is 1. The van der Waals surface area contributed by atoms with E-state index < -0.39 is 0 Å². The summed E-state index contributed by atoms with van der Waals surface area (Å²) in [7, 11) is 4.92. The summed E-state index contributed by atoms with van der Waals surface area (Å²) >= 11 is 1.41. The smallest absolute Gasteiger partial charge is 0.264 e. The molecule has 0 saturated heterocycles. The van der Waals surface area contributed by atoms with Gasteiger partial charge in [-0.05, 0) is 60.7 Å². The van der Waals surface area contributed by atoms with Gasteiger partial charge in [-0.15, -0.1) is 0 Å². The number of thioether (sulfide) groups is 1. The van der Waals surface area contributed by atoms with Gasteiger partial charge in [0.25, 0.3) is 11.8 Å². The molecule has 1 heterocycles. The van der Waals surface area contributed by atoms with Gasteiger partial charge in [-0.2, -0.15) is 0 Å². The van der Waals surface area contributed by atoms with E-state index in [0.29, 0.717) is 27.9 Å². The summed E-state index contributed by atoms with van der Waals surface area (Å²) < 4.78 is 10.7. The molecule has 4 rings (SSSR count). The Morgan fingerprint density at radius 1 is 1.09 bits per heavy atom. The zero-order valence-corrected chi connectivity index (χ0v) is 20.3. The summed E-state index contributed by atoms with van der Waals surface area (Å²) in [6.45, 7) is 2.20. The van der Waals surface area contributed by atoms with Gasteiger partial charge < -0.3 is 19.7 Å². The number of amides is 2. The predicted molar refractivity (Wildman–Crippen MR) is 132 cm³/mol. The Balaban J connectivity index is 1.56. The molecule has 6 nitrogen and oxygen atoms in total. The molecule has 2 aromatic rings. The average Bonchev–Trinajstić information content (AvgIpc) is 2.83. The number of nitrogens with zero attached hydrogens (tertiary/aromatic N) is 1. The molecular formula is C26H30N2O4S. The third-order valence-electron chi connectivity index (χ3n) is 6.45. The van der Waals surface area contributed by atoms with Crippen LogP contribution in [0.4, 0.5) is 5.69 Å².